The van der Waals surface area contributed by atoms with Gasteiger partial charge < -0.3 is 4.57 Å². The van der Waals surface area contributed by atoms with Crippen molar-refractivity contribution < 1.29 is 9.18 Å². The van der Waals surface area contributed by atoms with Gasteiger partial charge in [-0.25, -0.2) is 4.39 Å². The van der Waals surface area contributed by atoms with E-state index in [2.05, 4.69) is 4.99 Å². The molecule has 3 nitrogen and oxygen atoms in total. The lowest BCUT2D eigenvalue weighted by atomic mass is 10.3. The molecule has 0 aliphatic heterocycles. The molecule has 0 atom stereocenters. The fourth-order valence-corrected chi connectivity index (χ4v) is 4.62. The van der Waals surface area contributed by atoms with Gasteiger partial charge in [0.1, 0.15) is 5.82 Å². The van der Waals surface area contributed by atoms with E-state index in [1.54, 1.807) is 30.0 Å². The van der Waals surface area contributed by atoms with Crippen LogP contribution in [0.3, 0.4) is 0 Å². The molecule has 1 amide bonds. The van der Waals surface area contributed by atoms with Gasteiger partial charge >= 0.3 is 0 Å². The molecule has 0 radical (unpaired) electrons. The van der Waals surface area contributed by atoms with E-state index in [0.29, 0.717) is 9.82 Å². The summed E-state index contributed by atoms with van der Waals surface area (Å²) in [5.41, 5.74) is 0.905. The molecule has 1 aromatic heterocycles. The third kappa shape index (κ3) is 4.91. The summed E-state index contributed by atoms with van der Waals surface area (Å²) in [6.45, 7) is 0.725. The molecule has 0 bridgehead atoms. The number of aryl methyl sites for hydroxylation is 1. The first-order chi connectivity index (χ1) is 12.6. The van der Waals surface area contributed by atoms with Crippen molar-refractivity contribution in [2.24, 2.45) is 4.99 Å². The van der Waals surface area contributed by atoms with Crippen LogP contribution in [0.4, 0.5) is 4.39 Å². The smallest absolute Gasteiger partial charge is 0.258 e. The molecule has 8 heteroatoms. The molecule has 0 saturated carbocycles. The second kappa shape index (κ2) is 9.08. The second-order valence-corrected chi connectivity index (χ2v) is 8.87. The van der Waals surface area contributed by atoms with Crippen molar-refractivity contribution in [1.82, 2.24) is 4.57 Å². The average molecular weight is 427 g/mol. The standard InChI is InChI=1S/C18H16ClFN2OS3/c1-24-9-8-22-15-7-4-13(20)10-16(15)26-18(22)21-17(23)11-25-14-5-2-12(19)3-6-14/h2-7,10H,8-9,11H2,1H3. The number of carbonyl (C=O) groups is 1. The molecule has 3 rings (SSSR count). The number of thiazole rings is 1. The number of halogens is 2. The van der Waals surface area contributed by atoms with Crippen LogP contribution in [-0.2, 0) is 11.3 Å². The Morgan fingerprint density at radius 3 is 2.77 bits per heavy atom. The van der Waals surface area contributed by atoms with Gasteiger partial charge in [0.25, 0.3) is 5.91 Å². The Balaban J connectivity index is 1.84. The molecular weight excluding hydrogens is 411 g/mol. The minimum absolute atomic E-state index is 0.213. The first-order valence-corrected chi connectivity index (χ1v) is 11.4. The van der Waals surface area contributed by atoms with E-state index >= 15 is 0 Å². The Labute approximate surface area is 168 Å². The molecule has 0 N–H and O–H groups in total. The predicted molar refractivity (Wildman–Crippen MR) is 111 cm³/mol. The van der Waals surface area contributed by atoms with Crippen LogP contribution in [0.5, 0.6) is 0 Å². The molecule has 0 fully saturated rings. The maximum Gasteiger partial charge on any atom is 0.258 e. The predicted octanol–water partition coefficient (Wildman–Crippen LogP) is 5.08. The normalized spacial score (nSPS) is 12.0. The van der Waals surface area contributed by atoms with Crippen molar-refractivity contribution in [3.05, 3.63) is 58.1 Å². The molecule has 0 unspecified atom stereocenters. The molecule has 0 saturated heterocycles. The van der Waals surface area contributed by atoms with E-state index in [-0.39, 0.29) is 17.5 Å². The van der Waals surface area contributed by atoms with E-state index in [4.69, 9.17) is 11.6 Å². The van der Waals surface area contributed by atoms with Gasteiger partial charge in [0.15, 0.2) is 4.80 Å². The van der Waals surface area contributed by atoms with Gasteiger partial charge in [-0.3, -0.25) is 4.79 Å². The largest absolute Gasteiger partial charge is 0.316 e. The Bertz CT molecular complexity index is 982. The van der Waals surface area contributed by atoms with Crippen LogP contribution in [0.25, 0.3) is 10.2 Å². The minimum atomic E-state index is -0.285. The molecule has 0 spiro atoms. The van der Waals surface area contributed by atoms with Crippen molar-refractivity contribution in [2.45, 2.75) is 11.4 Å². The van der Waals surface area contributed by atoms with Crippen molar-refractivity contribution >= 4 is 62.6 Å². The first kappa shape index (κ1) is 19.5. The van der Waals surface area contributed by atoms with Crippen LogP contribution in [0.2, 0.25) is 5.02 Å². The van der Waals surface area contributed by atoms with Gasteiger partial charge in [-0.2, -0.15) is 16.8 Å². The van der Waals surface area contributed by atoms with Gasteiger partial charge in [-0.05, 0) is 48.7 Å². The zero-order chi connectivity index (χ0) is 18.5. The minimum Gasteiger partial charge on any atom is -0.316 e. The van der Waals surface area contributed by atoms with Crippen molar-refractivity contribution in [3.63, 3.8) is 0 Å². The van der Waals surface area contributed by atoms with Crippen molar-refractivity contribution in [3.8, 4) is 0 Å². The van der Waals surface area contributed by atoms with Crippen LogP contribution in [0.15, 0.2) is 52.4 Å². The molecule has 0 aliphatic carbocycles. The summed E-state index contributed by atoms with van der Waals surface area (Å²) < 4.78 is 16.3. The third-order valence-electron chi connectivity index (χ3n) is 3.56. The maximum absolute atomic E-state index is 13.5. The maximum atomic E-state index is 13.5. The molecule has 3 aromatic rings. The van der Waals surface area contributed by atoms with Crippen molar-refractivity contribution in [2.75, 3.05) is 17.8 Å². The number of hydrogen-bond acceptors (Lipinski definition) is 4. The summed E-state index contributed by atoms with van der Waals surface area (Å²) in [5, 5.41) is 0.665. The summed E-state index contributed by atoms with van der Waals surface area (Å²) in [5.74, 6) is 0.637. The summed E-state index contributed by atoms with van der Waals surface area (Å²) in [7, 11) is 0. The first-order valence-electron chi connectivity index (χ1n) is 7.80. The monoisotopic (exact) mass is 426 g/mol. The van der Waals surface area contributed by atoms with E-state index in [1.807, 2.05) is 23.0 Å². The third-order valence-corrected chi connectivity index (χ3v) is 6.44. The van der Waals surface area contributed by atoms with Crippen molar-refractivity contribution in [1.29, 1.82) is 0 Å². The fraction of sp³-hybridized carbons (Fsp3) is 0.222. The fourth-order valence-electron chi connectivity index (χ4n) is 2.35. The number of thioether (sulfide) groups is 2. The summed E-state index contributed by atoms with van der Waals surface area (Å²) in [6, 6.07) is 12.0. The van der Waals surface area contributed by atoms with Crippen LogP contribution < -0.4 is 4.80 Å². The van der Waals surface area contributed by atoms with Gasteiger partial charge in [-0.15, -0.1) is 11.8 Å². The number of aromatic nitrogens is 1. The lowest BCUT2D eigenvalue weighted by Crippen LogP contribution is -2.18. The van der Waals surface area contributed by atoms with E-state index in [1.165, 1.54) is 35.2 Å². The highest BCUT2D eigenvalue weighted by atomic mass is 35.5. The lowest BCUT2D eigenvalue weighted by Gasteiger charge is -2.03. The van der Waals surface area contributed by atoms with Gasteiger partial charge in [0, 0.05) is 22.2 Å². The van der Waals surface area contributed by atoms with Crippen LogP contribution in [0, 0.1) is 5.82 Å². The van der Waals surface area contributed by atoms with Crippen LogP contribution >= 0.6 is 46.5 Å². The zero-order valence-electron chi connectivity index (χ0n) is 13.9. The van der Waals surface area contributed by atoms with E-state index < -0.39 is 0 Å². The number of hydrogen-bond donors (Lipinski definition) is 0. The van der Waals surface area contributed by atoms with Crippen LogP contribution in [-0.4, -0.2) is 28.2 Å². The number of fused-ring (bicyclic) bond motifs is 1. The zero-order valence-corrected chi connectivity index (χ0v) is 17.2. The average Bonchev–Trinajstić information content (AvgIpc) is 2.95. The highest BCUT2D eigenvalue weighted by molar-refractivity contribution is 8.00. The SMILES string of the molecule is CSCCn1c(=NC(=O)CSc2ccc(Cl)cc2)sc2cc(F)ccc21. The highest BCUT2D eigenvalue weighted by Gasteiger charge is 2.09. The molecular formula is C18H16ClFN2OS3. The molecule has 136 valence electrons. The number of benzene rings is 2. The molecule has 26 heavy (non-hydrogen) atoms. The van der Waals surface area contributed by atoms with Crippen LogP contribution in [0.1, 0.15) is 0 Å². The number of nitrogens with zero attached hydrogens (tertiary/aromatic N) is 2. The topological polar surface area (TPSA) is 34.4 Å². The Kier molecular flexibility index (Phi) is 6.80. The number of carbonyl (C=O) groups excluding carboxylic acids is 1. The van der Waals surface area contributed by atoms with Gasteiger partial charge in [0.05, 0.1) is 16.0 Å². The van der Waals surface area contributed by atoms with Gasteiger partial charge in [0.2, 0.25) is 0 Å². The lowest BCUT2D eigenvalue weighted by molar-refractivity contribution is -0.115. The quantitative estimate of drug-likeness (QED) is 0.515. The van der Waals surface area contributed by atoms with E-state index in [9.17, 15) is 9.18 Å². The summed E-state index contributed by atoms with van der Waals surface area (Å²) >= 11 is 10.3. The Morgan fingerprint density at radius 1 is 1.27 bits per heavy atom. The molecule has 1 heterocycles. The highest BCUT2D eigenvalue weighted by Crippen LogP contribution is 2.21. The second-order valence-electron chi connectivity index (χ2n) is 5.39. The van der Waals surface area contributed by atoms with E-state index in [0.717, 1.165) is 27.4 Å². The Morgan fingerprint density at radius 2 is 2.04 bits per heavy atom. The summed E-state index contributed by atoms with van der Waals surface area (Å²) in [4.78, 5) is 18.2. The Hall–Kier alpha value is -1.28. The number of amides is 1. The summed E-state index contributed by atoms with van der Waals surface area (Å²) in [6.07, 6.45) is 2.03. The molecule has 0 aliphatic rings. The number of rotatable bonds is 6. The van der Waals surface area contributed by atoms with Gasteiger partial charge in [-0.1, -0.05) is 22.9 Å². The molecule has 2 aromatic carbocycles.